The molecule has 0 amide bonds. The summed E-state index contributed by atoms with van der Waals surface area (Å²) >= 11 is 8.24. The Morgan fingerprint density at radius 3 is 3.05 bits per heavy atom. The summed E-state index contributed by atoms with van der Waals surface area (Å²) in [5.74, 6) is 2.20. The van der Waals surface area contributed by atoms with E-state index < -0.39 is 0 Å². The van der Waals surface area contributed by atoms with Crippen LogP contribution in [-0.4, -0.2) is 14.8 Å². The van der Waals surface area contributed by atoms with Crippen molar-refractivity contribution in [1.29, 1.82) is 0 Å². The number of thiazole rings is 1. The molecule has 3 unspecified atom stereocenters. The maximum absolute atomic E-state index is 6.54. The number of alkyl halides is 1. The molecule has 4 heteroatoms. The average molecular weight is 297 g/mol. The Hall–Kier alpha value is -0.540. The van der Waals surface area contributed by atoms with E-state index in [1.807, 2.05) is 0 Å². The first kappa shape index (κ1) is 13.4. The Morgan fingerprint density at radius 1 is 1.47 bits per heavy atom. The van der Waals surface area contributed by atoms with Crippen molar-refractivity contribution in [2.75, 3.05) is 0 Å². The second kappa shape index (κ2) is 5.45. The molecule has 0 aliphatic heterocycles. The van der Waals surface area contributed by atoms with Gasteiger partial charge in [-0.15, -0.1) is 22.9 Å². The van der Waals surface area contributed by atoms with Crippen LogP contribution in [0.3, 0.4) is 0 Å². The van der Waals surface area contributed by atoms with Crippen molar-refractivity contribution >= 4 is 27.9 Å². The monoisotopic (exact) mass is 296 g/mol. The molecule has 0 aromatic carbocycles. The highest BCUT2D eigenvalue weighted by Gasteiger charge is 2.31. The fourth-order valence-corrected chi connectivity index (χ4v) is 4.26. The van der Waals surface area contributed by atoms with Gasteiger partial charge in [-0.05, 0) is 43.4 Å². The molecule has 0 bridgehead atoms. The van der Waals surface area contributed by atoms with Crippen molar-refractivity contribution in [3.63, 3.8) is 0 Å². The quantitative estimate of drug-likeness (QED) is 0.756. The normalized spacial score (nSPS) is 28.3. The zero-order valence-corrected chi connectivity index (χ0v) is 13.1. The number of rotatable bonds is 3. The highest BCUT2D eigenvalue weighted by molar-refractivity contribution is 7.15. The highest BCUT2D eigenvalue weighted by atomic mass is 35.5. The van der Waals surface area contributed by atoms with Gasteiger partial charge >= 0.3 is 0 Å². The number of fused-ring (bicyclic) bond motifs is 1. The number of hydrogen-bond donors (Lipinski definition) is 0. The zero-order chi connectivity index (χ0) is 13.4. The van der Waals surface area contributed by atoms with E-state index >= 15 is 0 Å². The maximum atomic E-state index is 6.54. The third kappa shape index (κ3) is 2.82. The smallest absolute Gasteiger partial charge is 0.193 e. The van der Waals surface area contributed by atoms with Crippen molar-refractivity contribution in [2.45, 2.75) is 44.9 Å². The third-order valence-corrected chi connectivity index (χ3v) is 5.83. The molecule has 0 spiro atoms. The van der Waals surface area contributed by atoms with E-state index in [0.717, 1.165) is 29.6 Å². The van der Waals surface area contributed by atoms with Crippen molar-refractivity contribution < 1.29 is 0 Å². The summed E-state index contributed by atoms with van der Waals surface area (Å²) in [6, 6.07) is 0. The SMILES string of the molecule is CC(C)C1CCC(Cl)C(Cc2cn3ccsc3n2)C1. The van der Waals surface area contributed by atoms with Gasteiger partial charge in [0.15, 0.2) is 4.96 Å². The summed E-state index contributed by atoms with van der Waals surface area (Å²) in [6.45, 7) is 4.67. The lowest BCUT2D eigenvalue weighted by molar-refractivity contribution is 0.217. The minimum atomic E-state index is 0.328. The largest absolute Gasteiger partial charge is 0.297 e. The fraction of sp³-hybridized carbons (Fsp3) is 0.667. The predicted octanol–water partition coefficient (Wildman–Crippen LogP) is 4.62. The van der Waals surface area contributed by atoms with Crippen molar-refractivity contribution in [2.24, 2.45) is 17.8 Å². The molecule has 2 aromatic rings. The predicted molar refractivity (Wildman–Crippen MR) is 82.1 cm³/mol. The number of hydrogen-bond acceptors (Lipinski definition) is 2. The molecule has 3 atom stereocenters. The van der Waals surface area contributed by atoms with Crippen LogP contribution in [0, 0.1) is 17.8 Å². The molecule has 2 aromatic heterocycles. The molecule has 1 aliphatic carbocycles. The van der Waals surface area contributed by atoms with E-state index in [1.54, 1.807) is 11.3 Å². The van der Waals surface area contributed by atoms with Gasteiger partial charge in [-0.3, -0.25) is 4.40 Å². The van der Waals surface area contributed by atoms with E-state index in [0.29, 0.717) is 11.3 Å². The van der Waals surface area contributed by atoms with Crippen LogP contribution < -0.4 is 0 Å². The number of halogens is 1. The standard InChI is InChI=1S/C15H21ClN2S/c1-10(2)11-3-4-14(16)12(7-11)8-13-9-18-5-6-19-15(18)17-13/h5-6,9-12,14H,3-4,7-8H2,1-2H3. The number of aromatic nitrogens is 2. The van der Waals surface area contributed by atoms with Gasteiger partial charge in [0.05, 0.1) is 5.69 Å². The Kier molecular flexibility index (Phi) is 3.86. The lowest BCUT2D eigenvalue weighted by Crippen LogP contribution is -2.29. The van der Waals surface area contributed by atoms with Gasteiger partial charge in [-0.25, -0.2) is 4.98 Å². The Morgan fingerprint density at radius 2 is 2.32 bits per heavy atom. The van der Waals surface area contributed by atoms with Gasteiger partial charge in [-0.1, -0.05) is 13.8 Å². The molecular formula is C15H21ClN2S. The maximum Gasteiger partial charge on any atom is 0.193 e. The van der Waals surface area contributed by atoms with Crippen LogP contribution >= 0.6 is 22.9 Å². The van der Waals surface area contributed by atoms with Gasteiger partial charge < -0.3 is 0 Å². The molecule has 3 rings (SSSR count). The van der Waals surface area contributed by atoms with Crippen molar-refractivity contribution in [1.82, 2.24) is 9.38 Å². The Labute approximate surface area is 123 Å². The Bertz CT molecular complexity index is 517. The van der Waals surface area contributed by atoms with E-state index in [1.165, 1.54) is 18.5 Å². The lowest BCUT2D eigenvalue weighted by atomic mass is 9.74. The molecule has 2 heterocycles. The minimum absolute atomic E-state index is 0.328. The second-order valence-corrected chi connectivity index (χ2v) is 7.56. The molecule has 1 saturated carbocycles. The van der Waals surface area contributed by atoms with Gasteiger partial charge in [0, 0.05) is 23.2 Å². The van der Waals surface area contributed by atoms with Crippen LogP contribution in [0.2, 0.25) is 0 Å². The Balaban J connectivity index is 1.71. The van der Waals surface area contributed by atoms with Gasteiger partial charge in [0.2, 0.25) is 0 Å². The minimum Gasteiger partial charge on any atom is -0.297 e. The summed E-state index contributed by atoms with van der Waals surface area (Å²) in [5.41, 5.74) is 1.20. The summed E-state index contributed by atoms with van der Waals surface area (Å²) < 4.78 is 2.12. The van der Waals surface area contributed by atoms with Gasteiger partial charge in [0.1, 0.15) is 0 Å². The van der Waals surface area contributed by atoms with Crippen LogP contribution in [0.4, 0.5) is 0 Å². The van der Waals surface area contributed by atoms with Crippen LogP contribution in [0.15, 0.2) is 17.8 Å². The zero-order valence-electron chi connectivity index (χ0n) is 11.6. The molecule has 1 aliphatic rings. The topological polar surface area (TPSA) is 17.3 Å². The summed E-state index contributed by atoms with van der Waals surface area (Å²) in [5, 5.41) is 2.40. The first-order valence-corrected chi connectivity index (χ1v) is 8.50. The summed E-state index contributed by atoms with van der Waals surface area (Å²) in [7, 11) is 0. The molecular weight excluding hydrogens is 276 g/mol. The molecule has 2 nitrogen and oxygen atoms in total. The van der Waals surface area contributed by atoms with Crippen molar-refractivity contribution in [3.8, 4) is 0 Å². The third-order valence-electron chi connectivity index (χ3n) is 4.49. The van der Waals surface area contributed by atoms with Crippen LogP contribution in [0.25, 0.3) is 4.96 Å². The van der Waals surface area contributed by atoms with Gasteiger partial charge in [0.25, 0.3) is 0 Å². The first-order valence-electron chi connectivity index (χ1n) is 7.18. The lowest BCUT2D eigenvalue weighted by Gasteiger charge is -2.34. The summed E-state index contributed by atoms with van der Waals surface area (Å²) in [6.07, 6.45) is 8.99. The molecule has 104 valence electrons. The average Bonchev–Trinajstić information content (AvgIpc) is 2.92. The van der Waals surface area contributed by atoms with Crippen LogP contribution in [0.5, 0.6) is 0 Å². The second-order valence-electron chi connectivity index (χ2n) is 6.12. The fourth-order valence-electron chi connectivity index (χ4n) is 3.22. The van der Waals surface area contributed by atoms with E-state index in [-0.39, 0.29) is 0 Å². The molecule has 0 radical (unpaired) electrons. The molecule has 0 N–H and O–H groups in total. The van der Waals surface area contributed by atoms with Crippen LogP contribution in [-0.2, 0) is 6.42 Å². The number of nitrogens with zero attached hydrogens (tertiary/aromatic N) is 2. The van der Waals surface area contributed by atoms with Gasteiger partial charge in [-0.2, -0.15) is 0 Å². The van der Waals surface area contributed by atoms with E-state index in [9.17, 15) is 0 Å². The molecule has 1 fully saturated rings. The molecule has 19 heavy (non-hydrogen) atoms. The first-order chi connectivity index (χ1) is 9.13. The van der Waals surface area contributed by atoms with Crippen molar-refractivity contribution in [3.05, 3.63) is 23.5 Å². The molecule has 0 saturated heterocycles. The summed E-state index contributed by atoms with van der Waals surface area (Å²) in [4.78, 5) is 5.79. The van der Waals surface area contributed by atoms with E-state index in [2.05, 4.69) is 36.0 Å². The van der Waals surface area contributed by atoms with E-state index in [4.69, 9.17) is 16.6 Å². The number of imidazole rings is 1. The highest BCUT2D eigenvalue weighted by Crippen LogP contribution is 2.38. The van der Waals surface area contributed by atoms with Crippen LogP contribution in [0.1, 0.15) is 38.8 Å².